The van der Waals surface area contributed by atoms with Gasteiger partial charge in [-0.05, 0) is 70.5 Å². The number of aromatic nitrogens is 1. The van der Waals surface area contributed by atoms with E-state index < -0.39 is 5.41 Å². The molecule has 0 radical (unpaired) electrons. The molecule has 0 saturated heterocycles. The van der Waals surface area contributed by atoms with E-state index in [1.807, 2.05) is 0 Å². The number of nitrogens with zero attached hydrogens (tertiary/aromatic N) is 1. The lowest BCUT2D eigenvalue weighted by atomic mass is 9.64. The number of aryl methyl sites for hydroxylation is 2. The Kier molecular flexibility index (Phi) is 4.18. The molecule has 0 amide bonds. The van der Waals surface area contributed by atoms with Crippen LogP contribution in [0.3, 0.4) is 0 Å². The number of para-hydroxylation sites is 3. The van der Waals surface area contributed by atoms with Gasteiger partial charge in [0.1, 0.15) is 0 Å². The maximum atomic E-state index is 2.51. The summed E-state index contributed by atoms with van der Waals surface area (Å²) in [7, 11) is 0. The van der Waals surface area contributed by atoms with Gasteiger partial charge in [0.25, 0.3) is 0 Å². The van der Waals surface area contributed by atoms with E-state index in [-0.39, 0.29) is 0 Å². The predicted molar refractivity (Wildman–Crippen MR) is 167 cm³/mol. The average molecular weight is 510 g/mol. The Bertz CT molecular complexity index is 2170. The number of benzene rings is 6. The van der Waals surface area contributed by atoms with Gasteiger partial charge in [-0.1, -0.05) is 126 Å². The van der Waals surface area contributed by atoms with Crippen molar-refractivity contribution in [2.45, 2.75) is 19.3 Å². The second-order valence-corrected chi connectivity index (χ2v) is 11.5. The zero-order valence-corrected chi connectivity index (χ0v) is 22.6. The second kappa shape index (κ2) is 7.61. The lowest BCUT2D eigenvalue weighted by Crippen LogP contribution is -2.34. The van der Waals surface area contributed by atoms with Crippen molar-refractivity contribution < 1.29 is 0 Å². The molecular formula is C39H27N. The molecule has 1 aliphatic carbocycles. The summed E-state index contributed by atoms with van der Waals surface area (Å²) in [4.78, 5) is 0. The van der Waals surface area contributed by atoms with Crippen molar-refractivity contribution in [1.29, 1.82) is 0 Å². The molecule has 0 saturated carbocycles. The largest absolute Gasteiger partial charge is 0.309 e. The fourth-order valence-corrected chi connectivity index (χ4v) is 7.99. The molecule has 40 heavy (non-hydrogen) atoms. The van der Waals surface area contributed by atoms with Crippen LogP contribution in [0.5, 0.6) is 0 Å². The third kappa shape index (κ3) is 2.53. The van der Waals surface area contributed by atoms with Crippen LogP contribution in [0.1, 0.15) is 33.4 Å². The van der Waals surface area contributed by atoms with Crippen LogP contribution < -0.4 is 0 Å². The van der Waals surface area contributed by atoms with Gasteiger partial charge in [-0.25, -0.2) is 0 Å². The Morgan fingerprint density at radius 1 is 0.500 bits per heavy atom. The number of hydrogen-bond acceptors (Lipinski definition) is 0. The molecule has 1 nitrogen and oxygen atoms in total. The van der Waals surface area contributed by atoms with Crippen molar-refractivity contribution in [3.8, 4) is 27.9 Å². The molecule has 1 spiro atoms. The highest BCUT2D eigenvalue weighted by Gasteiger charge is 2.51. The lowest BCUT2D eigenvalue weighted by Gasteiger charge is -2.40. The molecule has 9 rings (SSSR count). The van der Waals surface area contributed by atoms with Crippen molar-refractivity contribution in [1.82, 2.24) is 4.57 Å². The van der Waals surface area contributed by atoms with Crippen molar-refractivity contribution >= 4 is 21.8 Å². The molecule has 0 bridgehead atoms. The Hall–Kier alpha value is -4.88. The van der Waals surface area contributed by atoms with Crippen LogP contribution in [0, 0.1) is 13.8 Å². The number of rotatable bonds is 1. The first kappa shape index (κ1) is 22.0. The summed E-state index contributed by atoms with van der Waals surface area (Å²) in [6.45, 7) is 4.42. The van der Waals surface area contributed by atoms with Crippen LogP contribution in [0.15, 0.2) is 127 Å². The van der Waals surface area contributed by atoms with E-state index in [0.29, 0.717) is 0 Å². The van der Waals surface area contributed by atoms with Crippen LogP contribution in [0.4, 0.5) is 0 Å². The molecular weight excluding hydrogens is 482 g/mol. The smallest absolute Gasteiger partial charge is 0.0760 e. The van der Waals surface area contributed by atoms with E-state index in [2.05, 4.69) is 146 Å². The Morgan fingerprint density at radius 2 is 1.12 bits per heavy atom. The fourth-order valence-electron chi connectivity index (χ4n) is 7.99. The summed E-state index contributed by atoms with van der Waals surface area (Å²) in [5, 5.41) is 2.62. The highest BCUT2D eigenvalue weighted by atomic mass is 15.0. The Labute approximate surface area is 234 Å². The van der Waals surface area contributed by atoms with Crippen molar-refractivity contribution in [2.75, 3.05) is 0 Å². The summed E-state index contributed by atoms with van der Waals surface area (Å²) < 4.78 is 2.51. The first-order chi connectivity index (χ1) is 19.7. The normalized spacial score (nSPS) is 16.4. The summed E-state index contributed by atoms with van der Waals surface area (Å²) in [5.74, 6) is 0. The second-order valence-electron chi connectivity index (χ2n) is 11.5. The van der Waals surface area contributed by atoms with E-state index in [9.17, 15) is 0 Å². The van der Waals surface area contributed by atoms with Gasteiger partial charge in [-0.2, -0.15) is 0 Å². The van der Waals surface area contributed by atoms with Gasteiger partial charge in [-0.15, -0.1) is 0 Å². The molecule has 0 fully saturated rings. The molecule has 2 aliphatic rings. The highest BCUT2D eigenvalue weighted by molar-refractivity contribution is 6.13. The van der Waals surface area contributed by atoms with Crippen LogP contribution in [0.2, 0.25) is 0 Å². The first-order valence-electron chi connectivity index (χ1n) is 14.1. The Morgan fingerprint density at radius 3 is 2.00 bits per heavy atom. The third-order valence-corrected chi connectivity index (χ3v) is 9.24. The third-order valence-electron chi connectivity index (χ3n) is 9.24. The van der Waals surface area contributed by atoms with E-state index in [1.54, 1.807) is 0 Å². The quantitative estimate of drug-likeness (QED) is 0.208. The van der Waals surface area contributed by atoms with E-state index >= 15 is 0 Å². The minimum Gasteiger partial charge on any atom is -0.309 e. The first-order valence-corrected chi connectivity index (χ1v) is 14.1. The molecule has 1 atom stereocenters. The minimum absolute atomic E-state index is 0.430. The predicted octanol–water partition coefficient (Wildman–Crippen LogP) is 9.74. The highest BCUT2D eigenvalue weighted by Crippen LogP contribution is 2.62. The fraction of sp³-hybridized carbons (Fsp3) is 0.0769. The molecule has 1 aromatic heterocycles. The molecule has 1 unspecified atom stereocenters. The monoisotopic (exact) mass is 509 g/mol. The van der Waals surface area contributed by atoms with Gasteiger partial charge in [0.2, 0.25) is 0 Å². The van der Waals surface area contributed by atoms with E-state index in [4.69, 9.17) is 0 Å². The summed E-state index contributed by atoms with van der Waals surface area (Å²) in [6.07, 6.45) is 0. The van der Waals surface area contributed by atoms with Gasteiger partial charge >= 0.3 is 0 Å². The molecule has 1 aliphatic heterocycles. The molecule has 1 heteroatoms. The summed E-state index contributed by atoms with van der Waals surface area (Å²) in [5.41, 5.74) is 16.8. The molecule has 7 aromatic rings. The molecule has 0 N–H and O–H groups in total. The minimum atomic E-state index is -0.430. The van der Waals surface area contributed by atoms with Crippen molar-refractivity contribution in [2.24, 2.45) is 0 Å². The summed E-state index contributed by atoms with van der Waals surface area (Å²) >= 11 is 0. The van der Waals surface area contributed by atoms with Crippen molar-refractivity contribution in [3.05, 3.63) is 161 Å². The zero-order valence-electron chi connectivity index (χ0n) is 22.6. The average Bonchev–Trinajstić information content (AvgIpc) is 3.48. The van der Waals surface area contributed by atoms with Gasteiger partial charge in [0.15, 0.2) is 0 Å². The zero-order chi connectivity index (χ0) is 26.6. The van der Waals surface area contributed by atoms with E-state index in [0.717, 1.165) is 0 Å². The maximum absolute atomic E-state index is 2.51. The van der Waals surface area contributed by atoms with E-state index in [1.165, 1.54) is 83.1 Å². The van der Waals surface area contributed by atoms with Crippen LogP contribution in [0.25, 0.3) is 49.7 Å². The standard InChI is InChI=1S/C39H27N/c1-24-21-25(2)23-26(22-24)27-13-9-14-30-28-11-3-5-16-32(28)39(37(27)30)33-17-6-8-20-36(33)40-35-19-7-4-12-29(35)31-15-10-18-34(39)38(31)40/h3-23H,1-2H3. The maximum Gasteiger partial charge on any atom is 0.0760 e. The lowest BCUT2D eigenvalue weighted by molar-refractivity contribution is 0.750. The van der Waals surface area contributed by atoms with Crippen molar-refractivity contribution in [3.63, 3.8) is 0 Å². The van der Waals surface area contributed by atoms with Gasteiger partial charge in [-0.3, -0.25) is 0 Å². The van der Waals surface area contributed by atoms with Crippen LogP contribution >= 0.6 is 0 Å². The SMILES string of the molecule is Cc1cc(C)cc(-c2cccc3c2C2(c4ccccc4-3)c3ccccc3-n3c4ccccc4c4cccc2c43)c1. The van der Waals surface area contributed by atoms with Crippen LogP contribution in [-0.2, 0) is 5.41 Å². The number of hydrogen-bond donors (Lipinski definition) is 0. The van der Waals surface area contributed by atoms with Gasteiger partial charge in [0, 0.05) is 10.8 Å². The topological polar surface area (TPSA) is 4.93 Å². The number of fused-ring (bicyclic) bond motifs is 12. The van der Waals surface area contributed by atoms with Gasteiger partial charge < -0.3 is 4.57 Å². The van der Waals surface area contributed by atoms with Gasteiger partial charge in [0.05, 0.1) is 22.1 Å². The molecule has 2 heterocycles. The summed E-state index contributed by atoms with van der Waals surface area (Å²) in [6, 6.07) is 47.9. The molecule has 6 aromatic carbocycles. The molecule has 188 valence electrons. The van der Waals surface area contributed by atoms with Crippen LogP contribution in [-0.4, -0.2) is 4.57 Å². The Balaban J connectivity index is 1.55.